The van der Waals surface area contributed by atoms with Gasteiger partial charge in [-0.25, -0.2) is 0 Å². The van der Waals surface area contributed by atoms with Crippen molar-refractivity contribution < 1.29 is 9.32 Å². The highest BCUT2D eigenvalue weighted by Gasteiger charge is 2.20. The normalized spacial score (nSPS) is 15.0. The van der Waals surface area contributed by atoms with Crippen molar-refractivity contribution in [2.24, 2.45) is 4.99 Å². The van der Waals surface area contributed by atoms with Crippen molar-refractivity contribution in [3.8, 4) is 0 Å². The summed E-state index contributed by atoms with van der Waals surface area (Å²) < 4.78 is 4.90. The summed E-state index contributed by atoms with van der Waals surface area (Å²) in [6.45, 7) is 6.95. The van der Waals surface area contributed by atoms with E-state index in [2.05, 4.69) is 30.6 Å². The van der Waals surface area contributed by atoms with Gasteiger partial charge in [0.25, 0.3) is 0 Å². The number of amides is 1. The van der Waals surface area contributed by atoms with Crippen molar-refractivity contribution in [3.63, 3.8) is 0 Å². The van der Waals surface area contributed by atoms with Gasteiger partial charge < -0.3 is 20.1 Å². The van der Waals surface area contributed by atoms with Gasteiger partial charge in [-0.05, 0) is 24.1 Å². The monoisotopic (exact) mass is 512 g/mol. The molecule has 1 aliphatic heterocycles. The van der Waals surface area contributed by atoms with E-state index in [-0.39, 0.29) is 29.9 Å². The van der Waals surface area contributed by atoms with Crippen molar-refractivity contribution in [2.75, 3.05) is 45.1 Å². The quantitative estimate of drug-likeness (QED) is 0.351. The number of aliphatic imine (C=N–C) groups is 1. The number of aromatic nitrogens is 1. The summed E-state index contributed by atoms with van der Waals surface area (Å²) in [5, 5.41) is 10.2. The van der Waals surface area contributed by atoms with Crippen molar-refractivity contribution in [1.29, 1.82) is 0 Å². The predicted molar refractivity (Wildman–Crippen MR) is 125 cm³/mol. The molecule has 0 spiro atoms. The van der Waals surface area contributed by atoms with Crippen LogP contribution in [-0.4, -0.2) is 66.6 Å². The first kappa shape index (κ1) is 23.1. The zero-order valence-electron chi connectivity index (χ0n) is 16.9. The first-order chi connectivity index (χ1) is 13.6. The summed E-state index contributed by atoms with van der Waals surface area (Å²) >= 11 is 0. The molecule has 2 aromatic rings. The van der Waals surface area contributed by atoms with Crippen LogP contribution in [0.15, 0.2) is 46.1 Å². The number of benzene rings is 1. The number of carbonyl (C=O) groups is 1. The SMILES string of the molecule is CN=C(NCCc1ccc(NC(C)=O)cc1)N1CCN(Cc2ccon2)CC1.I. The number of carbonyl (C=O) groups excluding carboxylic acids is 1. The molecule has 3 rings (SSSR count). The zero-order valence-corrected chi connectivity index (χ0v) is 19.3. The molecule has 2 N–H and O–H groups in total. The molecule has 1 amide bonds. The molecule has 0 atom stereocenters. The average Bonchev–Trinajstić information content (AvgIpc) is 3.20. The third-order valence-corrected chi connectivity index (χ3v) is 4.73. The van der Waals surface area contributed by atoms with E-state index >= 15 is 0 Å². The van der Waals surface area contributed by atoms with Gasteiger partial charge in [0.2, 0.25) is 5.91 Å². The van der Waals surface area contributed by atoms with E-state index in [0.29, 0.717) is 0 Å². The summed E-state index contributed by atoms with van der Waals surface area (Å²) in [4.78, 5) is 20.2. The van der Waals surface area contributed by atoms with Crippen molar-refractivity contribution >= 4 is 41.5 Å². The molecule has 0 unspecified atom stereocenters. The molecule has 2 heterocycles. The van der Waals surface area contributed by atoms with Crippen LogP contribution in [0, 0.1) is 0 Å². The number of guanidine groups is 1. The van der Waals surface area contributed by atoms with Crippen LogP contribution in [0.3, 0.4) is 0 Å². The molecule has 8 nitrogen and oxygen atoms in total. The number of halogens is 1. The lowest BCUT2D eigenvalue weighted by atomic mass is 10.1. The lowest BCUT2D eigenvalue weighted by Crippen LogP contribution is -2.52. The number of nitrogens with one attached hydrogen (secondary N) is 2. The molecular formula is C20H29IN6O2. The highest BCUT2D eigenvalue weighted by Crippen LogP contribution is 2.10. The van der Waals surface area contributed by atoms with Gasteiger partial charge >= 0.3 is 0 Å². The van der Waals surface area contributed by atoms with Crippen molar-refractivity contribution in [1.82, 2.24) is 20.3 Å². The topological polar surface area (TPSA) is 86.0 Å². The highest BCUT2D eigenvalue weighted by atomic mass is 127. The molecule has 9 heteroatoms. The van der Waals surface area contributed by atoms with E-state index in [9.17, 15) is 4.79 Å². The Balaban J connectivity index is 0.00000300. The number of hydrogen-bond donors (Lipinski definition) is 2. The largest absolute Gasteiger partial charge is 0.364 e. The summed E-state index contributed by atoms with van der Waals surface area (Å²) in [6, 6.07) is 9.85. The lowest BCUT2D eigenvalue weighted by molar-refractivity contribution is -0.114. The average molecular weight is 512 g/mol. The lowest BCUT2D eigenvalue weighted by Gasteiger charge is -2.36. The minimum atomic E-state index is -0.0562. The Morgan fingerprint density at radius 2 is 1.90 bits per heavy atom. The molecule has 0 saturated carbocycles. The van der Waals surface area contributed by atoms with Gasteiger partial charge in [-0.2, -0.15) is 0 Å². The Morgan fingerprint density at radius 3 is 2.48 bits per heavy atom. The standard InChI is InChI=1S/C20H28N6O2.HI/c1-16(27)23-18-5-3-17(4-6-18)7-9-22-20(21-2)26-12-10-25(11-13-26)15-19-8-14-28-24-19;/h3-6,8,14H,7,9-13,15H2,1-2H3,(H,21,22)(H,23,27);1H. The molecule has 1 fully saturated rings. The maximum absolute atomic E-state index is 11.1. The van der Waals surface area contributed by atoms with Gasteiger partial charge in [-0.15, -0.1) is 24.0 Å². The first-order valence-electron chi connectivity index (χ1n) is 9.58. The fourth-order valence-electron chi connectivity index (χ4n) is 3.27. The number of rotatable bonds is 6. The maximum Gasteiger partial charge on any atom is 0.221 e. The number of hydrogen-bond acceptors (Lipinski definition) is 5. The molecule has 1 saturated heterocycles. The first-order valence-corrected chi connectivity index (χ1v) is 9.58. The second-order valence-electron chi connectivity index (χ2n) is 6.86. The summed E-state index contributed by atoms with van der Waals surface area (Å²) in [5.74, 6) is 0.885. The van der Waals surface area contributed by atoms with E-state index in [1.807, 2.05) is 37.4 Å². The smallest absolute Gasteiger partial charge is 0.221 e. The molecule has 158 valence electrons. The fraction of sp³-hybridized carbons (Fsp3) is 0.450. The van der Waals surface area contributed by atoms with E-state index in [1.165, 1.54) is 12.5 Å². The van der Waals surface area contributed by atoms with Crippen molar-refractivity contribution in [2.45, 2.75) is 19.9 Å². The Labute approximate surface area is 188 Å². The van der Waals surface area contributed by atoms with Gasteiger partial charge in [-0.1, -0.05) is 17.3 Å². The Morgan fingerprint density at radius 1 is 1.17 bits per heavy atom. The molecule has 1 aromatic carbocycles. The number of piperazine rings is 1. The van der Waals surface area contributed by atoms with Crippen LogP contribution < -0.4 is 10.6 Å². The molecule has 1 aromatic heterocycles. The molecule has 1 aliphatic rings. The summed E-state index contributed by atoms with van der Waals surface area (Å²) in [5.41, 5.74) is 3.01. The molecular weight excluding hydrogens is 483 g/mol. The van der Waals surface area contributed by atoms with E-state index in [0.717, 1.165) is 63.0 Å². The minimum absolute atomic E-state index is 0. The van der Waals surface area contributed by atoms with Gasteiger partial charge in [0.15, 0.2) is 5.96 Å². The third-order valence-electron chi connectivity index (χ3n) is 4.73. The molecule has 29 heavy (non-hydrogen) atoms. The second-order valence-corrected chi connectivity index (χ2v) is 6.86. The zero-order chi connectivity index (χ0) is 19.8. The summed E-state index contributed by atoms with van der Waals surface area (Å²) in [7, 11) is 1.83. The maximum atomic E-state index is 11.1. The number of nitrogens with zero attached hydrogens (tertiary/aromatic N) is 4. The molecule has 0 radical (unpaired) electrons. The second kappa shape index (κ2) is 11.8. The molecule has 0 aliphatic carbocycles. The Bertz CT molecular complexity index is 771. The third kappa shape index (κ3) is 7.32. The van der Waals surface area contributed by atoms with Gasteiger partial charge in [0, 0.05) is 65.0 Å². The van der Waals surface area contributed by atoms with Gasteiger partial charge in [-0.3, -0.25) is 14.7 Å². The predicted octanol–water partition coefficient (Wildman–Crippen LogP) is 2.19. The van der Waals surface area contributed by atoms with Crippen molar-refractivity contribution in [3.05, 3.63) is 47.9 Å². The van der Waals surface area contributed by atoms with Crippen LogP contribution in [0.4, 0.5) is 5.69 Å². The minimum Gasteiger partial charge on any atom is -0.364 e. The highest BCUT2D eigenvalue weighted by molar-refractivity contribution is 14.0. The van der Waals surface area contributed by atoms with Gasteiger partial charge in [0.05, 0.1) is 5.69 Å². The molecule has 0 bridgehead atoms. The van der Waals surface area contributed by atoms with E-state index in [4.69, 9.17) is 4.52 Å². The van der Waals surface area contributed by atoms with Crippen LogP contribution in [0.1, 0.15) is 18.2 Å². The van der Waals surface area contributed by atoms with Crippen LogP contribution in [0.25, 0.3) is 0 Å². The van der Waals surface area contributed by atoms with E-state index in [1.54, 1.807) is 6.26 Å². The van der Waals surface area contributed by atoms with Crippen LogP contribution in [0.2, 0.25) is 0 Å². The Hall–Kier alpha value is -2.14. The van der Waals surface area contributed by atoms with Crippen LogP contribution in [0.5, 0.6) is 0 Å². The fourth-order valence-corrected chi connectivity index (χ4v) is 3.27. The number of anilines is 1. The van der Waals surface area contributed by atoms with E-state index < -0.39 is 0 Å². The Kier molecular flexibility index (Phi) is 9.39. The van der Waals surface area contributed by atoms with Crippen LogP contribution >= 0.6 is 24.0 Å². The summed E-state index contributed by atoms with van der Waals surface area (Å²) in [6.07, 6.45) is 2.51. The van der Waals surface area contributed by atoms with Gasteiger partial charge in [0.1, 0.15) is 6.26 Å². The van der Waals surface area contributed by atoms with Crippen LogP contribution in [-0.2, 0) is 17.8 Å².